The average molecular weight is 166 g/mol. The molecule has 0 aromatic heterocycles. The Morgan fingerprint density at radius 2 is 2.17 bits per heavy atom. The van der Waals surface area contributed by atoms with Gasteiger partial charge < -0.3 is 5.32 Å². The van der Waals surface area contributed by atoms with Gasteiger partial charge >= 0.3 is 0 Å². The zero-order valence-corrected chi connectivity index (χ0v) is 7.39. The van der Waals surface area contributed by atoms with Crippen LogP contribution in [0.5, 0.6) is 0 Å². The maximum Gasteiger partial charge on any atom is 0.240 e. The molecule has 0 unspecified atom stereocenters. The smallest absolute Gasteiger partial charge is 0.240 e. The molecule has 0 aromatic carbocycles. The minimum atomic E-state index is -0.698. The van der Waals surface area contributed by atoms with Crippen molar-refractivity contribution in [3.8, 4) is 6.07 Å². The average Bonchev–Trinajstić information content (AvgIpc) is 2.54. The van der Waals surface area contributed by atoms with Crippen molar-refractivity contribution >= 4 is 5.91 Å². The van der Waals surface area contributed by atoms with Crippen LogP contribution in [0.1, 0.15) is 32.6 Å². The van der Waals surface area contributed by atoms with E-state index in [0.717, 1.165) is 25.7 Å². The number of nitrogens with zero attached hydrogens (tertiary/aromatic N) is 1. The third-order valence-corrected chi connectivity index (χ3v) is 2.44. The molecule has 1 aliphatic carbocycles. The molecule has 3 heteroatoms. The maximum atomic E-state index is 11.5. The first kappa shape index (κ1) is 9.05. The number of nitriles is 1. The van der Waals surface area contributed by atoms with Crippen LogP contribution in [0.4, 0.5) is 0 Å². The van der Waals surface area contributed by atoms with Crippen molar-refractivity contribution in [3.05, 3.63) is 0 Å². The summed E-state index contributed by atoms with van der Waals surface area (Å²) in [7, 11) is 0. The van der Waals surface area contributed by atoms with Crippen molar-refractivity contribution in [1.29, 1.82) is 5.26 Å². The first-order valence-electron chi connectivity index (χ1n) is 4.45. The molecule has 0 heterocycles. The molecular weight excluding hydrogens is 152 g/mol. The third-order valence-electron chi connectivity index (χ3n) is 2.44. The van der Waals surface area contributed by atoms with Crippen LogP contribution in [0.3, 0.4) is 0 Å². The van der Waals surface area contributed by atoms with E-state index < -0.39 is 5.41 Å². The Morgan fingerprint density at radius 3 is 2.58 bits per heavy atom. The van der Waals surface area contributed by atoms with E-state index in [-0.39, 0.29) is 5.91 Å². The van der Waals surface area contributed by atoms with E-state index >= 15 is 0 Å². The van der Waals surface area contributed by atoms with Crippen LogP contribution >= 0.6 is 0 Å². The standard InChI is InChI=1S/C9H14N2O/c1-2-11-8(12)9(7-10)5-3-4-6-9/h2-6H2,1H3,(H,11,12). The van der Waals surface area contributed by atoms with Crippen molar-refractivity contribution < 1.29 is 4.79 Å². The molecule has 1 aliphatic rings. The van der Waals surface area contributed by atoms with Crippen LogP contribution in [0, 0.1) is 16.7 Å². The number of rotatable bonds is 2. The molecule has 1 saturated carbocycles. The van der Waals surface area contributed by atoms with E-state index in [9.17, 15) is 4.79 Å². The van der Waals surface area contributed by atoms with Crippen molar-refractivity contribution in [1.82, 2.24) is 5.32 Å². The molecule has 1 rings (SSSR count). The van der Waals surface area contributed by atoms with Gasteiger partial charge in [0.15, 0.2) is 0 Å². The summed E-state index contributed by atoms with van der Waals surface area (Å²) in [5.41, 5.74) is -0.698. The van der Waals surface area contributed by atoms with Gasteiger partial charge in [-0.05, 0) is 19.8 Å². The fraction of sp³-hybridized carbons (Fsp3) is 0.778. The highest BCUT2D eigenvalue weighted by molar-refractivity contribution is 5.85. The number of hydrogen-bond acceptors (Lipinski definition) is 2. The molecule has 0 spiro atoms. The molecule has 0 bridgehead atoms. The van der Waals surface area contributed by atoms with Gasteiger partial charge in [0, 0.05) is 6.54 Å². The van der Waals surface area contributed by atoms with E-state index in [1.165, 1.54) is 0 Å². The molecule has 1 amide bonds. The molecule has 1 fully saturated rings. The Labute approximate surface area is 72.8 Å². The Bertz CT molecular complexity index is 211. The largest absolute Gasteiger partial charge is 0.355 e. The quantitative estimate of drug-likeness (QED) is 0.670. The van der Waals surface area contributed by atoms with Crippen LogP contribution in [0.15, 0.2) is 0 Å². The molecule has 1 N–H and O–H groups in total. The number of nitrogens with one attached hydrogen (secondary N) is 1. The second kappa shape index (κ2) is 3.57. The minimum Gasteiger partial charge on any atom is -0.355 e. The molecule has 0 aliphatic heterocycles. The molecule has 3 nitrogen and oxygen atoms in total. The number of amides is 1. The highest BCUT2D eigenvalue weighted by Crippen LogP contribution is 2.37. The molecule has 0 aromatic rings. The second-order valence-corrected chi connectivity index (χ2v) is 3.26. The van der Waals surface area contributed by atoms with Gasteiger partial charge in [0.25, 0.3) is 0 Å². The van der Waals surface area contributed by atoms with Crippen molar-refractivity contribution in [2.75, 3.05) is 6.54 Å². The lowest BCUT2D eigenvalue weighted by atomic mass is 9.87. The fourth-order valence-electron chi connectivity index (χ4n) is 1.70. The summed E-state index contributed by atoms with van der Waals surface area (Å²) in [6, 6.07) is 2.15. The van der Waals surface area contributed by atoms with Crippen LogP contribution in [0.2, 0.25) is 0 Å². The molecule has 66 valence electrons. The van der Waals surface area contributed by atoms with Crippen LogP contribution in [0.25, 0.3) is 0 Å². The van der Waals surface area contributed by atoms with E-state index in [1.54, 1.807) is 0 Å². The zero-order chi connectivity index (χ0) is 9.03. The van der Waals surface area contributed by atoms with Gasteiger partial charge in [0.1, 0.15) is 5.41 Å². The first-order valence-corrected chi connectivity index (χ1v) is 4.45. The van der Waals surface area contributed by atoms with Crippen molar-refractivity contribution in [2.24, 2.45) is 5.41 Å². The summed E-state index contributed by atoms with van der Waals surface area (Å²) in [4.78, 5) is 11.5. The topological polar surface area (TPSA) is 52.9 Å². The van der Waals surface area contributed by atoms with E-state index in [4.69, 9.17) is 5.26 Å². The van der Waals surface area contributed by atoms with Crippen molar-refractivity contribution in [3.63, 3.8) is 0 Å². The SMILES string of the molecule is CCNC(=O)C1(C#N)CCCC1. The lowest BCUT2D eigenvalue weighted by Crippen LogP contribution is -2.37. The summed E-state index contributed by atoms with van der Waals surface area (Å²) < 4.78 is 0. The lowest BCUT2D eigenvalue weighted by Gasteiger charge is -2.18. The van der Waals surface area contributed by atoms with Crippen LogP contribution in [-0.2, 0) is 4.79 Å². The molecule has 12 heavy (non-hydrogen) atoms. The number of hydrogen-bond donors (Lipinski definition) is 1. The van der Waals surface area contributed by atoms with Crippen LogP contribution < -0.4 is 5.32 Å². The first-order chi connectivity index (χ1) is 5.75. The summed E-state index contributed by atoms with van der Waals surface area (Å²) in [5.74, 6) is -0.0787. The van der Waals surface area contributed by atoms with Gasteiger partial charge in [-0.2, -0.15) is 5.26 Å². The Hall–Kier alpha value is -1.04. The van der Waals surface area contributed by atoms with Crippen LogP contribution in [-0.4, -0.2) is 12.5 Å². The van der Waals surface area contributed by atoms with E-state index in [2.05, 4.69) is 11.4 Å². The predicted molar refractivity (Wildman–Crippen MR) is 45.2 cm³/mol. The van der Waals surface area contributed by atoms with Gasteiger partial charge in [-0.3, -0.25) is 4.79 Å². The molecule has 0 atom stereocenters. The van der Waals surface area contributed by atoms with E-state index in [0.29, 0.717) is 6.54 Å². The summed E-state index contributed by atoms with van der Waals surface area (Å²) in [6.07, 6.45) is 3.47. The summed E-state index contributed by atoms with van der Waals surface area (Å²) in [6.45, 7) is 2.49. The predicted octanol–water partition coefficient (Wildman–Crippen LogP) is 1.21. The zero-order valence-electron chi connectivity index (χ0n) is 7.39. The van der Waals surface area contributed by atoms with Gasteiger partial charge in [0.2, 0.25) is 5.91 Å². The minimum absolute atomic E-state index is 0.0787. The second-order valence-electron chi connectivity index (χ2n) is 3.26. The summed E-state index contributed by atoms with van der Waals surface area (Å²) >= 11 is 0. The lowest BCUT2D eigenvalue weighted by molar-refractivity contribution is -0.127. The maximum absolute atomic E-state index is 11.5. The monoisotopic (exact) mass is 166 g/mol. The fourth-order valence-corrected chi connectivity index (χ4v) is 1.70. The molecular formula is C9H14N2O. The Kier molecular flexibility index (Phi) is 2.69. The van der Waals surface area contributed by atoms with Gasteiger partial charge in [-0.1, -0.05) is 12.8 Å². The van der Waals surface area contributed by atoms with Crippen molar-refractivity contribution in [2.45, 2.75) is 32.6 Å². The highest BCUT2D eigenvalue weighted by atomic mass is 16.2. The Morgan fingerprint density at radius 1 is 1.58 bits per heavy atom. The Balaban J connectivity index is 2.67. The molecule has 0 radical (unpaired) electrons. The van der Waals surface area contributed by atoms with E-state index in [1.807, 2.05) is 6.92 Å². The third kappa shape index (κ3) is 1.42. The molecule has 0 saturated heterocycles. The highest BCUT2D eigenvalue weighted by Gasteiger charge is 2.40. The normalized spacial score (nSPS) is 20.0. The van der Waals surface area contributed by atoms with Gasteiger partial charge in [-0.15, -0.1) is 0 Å². The number of carbonyl (C=O) groups excluding carboxylic acids is 1. The van der Waals surface area contributed by atoms with Gasteiger partial charge in [0.05, 0.1) is 6.07 Å². The summed E-state index contributed by atoms with van der Waals surface area (Å²) in [5, 5.41) is 11.6. The number of carbonyl (C=O) groups is 1. The van der Waals surface area contributed by atoms with Gasteiger partial charge in [-0.25, -0.2) is 0 Å².